The van der Waals surface area contributed by atoms with Crippen LogP contribution < -0.4 is 5.14 Å². The molecule has 0 amide bonds. The number of imidazole rings is 1. The molecule has 0 bridgehead atoms. The van der Waals surface area contributed by atoms with E-state index in [9.17, 15) is 8.42 Å². The molecule has 0 aliphatic heterocycles. The van der Waals surface area contributed by atoms with Gasteiger partial charge >= 0.3 is 0 Å². The monoisotopic (exact) mass is 301 g/mol. The van der Waals surface area contributed by atoms with Crippen LogP contribution in [0.2, 0.25) is 0 Å². The molecule has 5 nitrogen and oxygen atoms in total. The van der Waals surface area contributed by atoms with Crippen LogP contribution in [0.1, 0.15) is 12.7 Å². The molecule has 0 saturated carbocycles. The summed E-state index contributed by atoms with van der Waals surface area (Å²) in [5, 5.41) is 5.29. The average molecular weight is 301 g/mol. The zero-order chi connectivity index (χ0) is 15.0. The number of rotatable bonds is 3. The summed E-state index contributed by atoms with van der Waals surface area (Å²) in [6.45, 7) is 2.02. The number of aromatic amines is 1. The van der Waals surface area contributed by atoms with E-state index in [1.165, 1.54) is 6.07 Å². The molecule has 0 radical (unpaired) electrons. The Kier molecular flexibility index (Phi) is 3.27. The van der Waals surface area contributed by atoms with Crippen LogP contribution in [0.15, 0.2) is 47.4 Å². The molecule has 1 aromatic heterocycles. The fourth-order valence-corrected chi connectivity index (χ4v) is 3.11. The van der Waals surface area contributed by atoms with Gasteiger partial charge in [0.05, 0.1) is 15.9 Å². The van der Waals surface area contributed by atoms with Crippen LogP contribution in [0, 0.1) is 0 Å². The summed E-state index contributed by atoms with van der Waals surface area (Å²) in [4.78, 5) is 7.79. The third kappa shape index (κ3) is 2.55. The van der Waals surface area contributed by atoms with Crippen molar-refractivity contribution in [2.45, 2.75) is 18.2 Å². The van der Waals surface area contributed by atoms with E-state index in [0.29, 0.717) is 5.56 Å². The molecule has 0 fully saturated rings. The van der Waals surface area contributed by atoms with E-state index in [4.69, 9.17) is 5.14 Å². The Hall–Kier alpha value is -2.18. The number of sulfonamides is 1. The summed E-state index contributed by atoms with van der Waals surface area (Å²) in [7, 11) is -3.76. The van der Waals surface area contributed by atoms with E-state index in [1.807, 2.05) is 25.1 Å². The second-order valence-electron chi connectivity index (χ2n) is 4.81. The summed E-state index contributed by atoms with van der Waals surface area (Å²) >= 11 is 0. The van der Waals surface area contributed by atoms with Gasteiger partial charge in [0, 0.05) is 12.0 Å². The zero-order valence-corrected chi connectivity index (χ0v) is 12.3. The minimum Gasteiger partial charge on any atom is -0.342 e. The van der Waals surface area contributed by atoms with Gasteiger partial charge in [0.1, 0.15) is 5.82 Å². The minimum absolute atomic E-state index is 0.125. The number of nitrogens with one attached hydrogen (secondary N) is 1. The van der Waals surface area contributed by atoms with Crippen molar-refractivity contribution >= 4 is 21.1 Å². The van der Waals surface area contributed by atoms with Gasteiger partial charge in [-0.3, -0.25) is 0 Å². The molecule has 1 heterocycles. The Morgan fingerprint density at radius 3 is 2.67 bits per heavy atom. The lowest BCUT2D eigenvalue weighted by molar-refractivity contribution is 0.598. The van der Waals surface area contributed by atoms with Crippen molar-refractivity contribution in [3.05, 3.63) is 48.3 Å². The second kappa shape index (κ2) is 4.98. The summed E-state index contributed by atoms with van der Waals surface area (Å²) < 4.78 is 23.4. The summed E-state index contributed by atoms with van der Waals surface area (Å²) in [6, 6.07) is 12.3. The van der Waals surface area contributed by atoms with Crippen LogP contribution in [0.4, 0.5) is 0 Å². The van der Waals surface area contributed by atoms with Crippen molar-refractivity contribution in [3.63, 3.8) is 0 Å². The number of hydrogen-bond acceptors (Lipinski definition) is 3. The molecule has 0 atom stereocenters. The van der Waals surface area contributed by atoms with Gasteiger partial charge < -0.3 is 4.98 Å². The molecule has 3 aromatic rings. The highest BCUT2D eigenvalue weighted by molar-refractivity contribution is 7.89. The number of aryl methyl sites for hydroxylation is 1. The Bertz CT molecular complexity index is 914. The molecule has 2 aromatic carbocycles. The standard InChI is InChI=1S/C15H15N3O2S/c1-2-15-17-12-8-7-10(9-13(12)18-15)11-5-3-4-6-14(11)21(16,19)20/h3-9H,2H2,1H3,(H,17,18)(H2,16,19,20). The van der Waals surface area contributed by atoms with Gasteiger partial charge in [0.25, 0.3) is 0 Å². The summed E-state index contributed by atoms with van der Waals surface area (Å²) in [5.41, 5.74) is 3.13. The number of primary sulfonamides is 1. The molecule has 3 N–H and O–H groups in total. The smallest absolute Gasteiger partial charge is 0.238 e. The molecule has 0 unspecified atom stereocenters. The maximum absolute atomic E-state index is 11.7. The number of nitrogens with zero attached hydrogens (tertiary/aromatic N) is 1. The lowest BCUT2D eigenvalue weighted by atomic mass is 10.1. The average Bonchev–Trinajstić information content (AvgIpc) is 2.88. The molecule has 21 heavy (non-hydrogen) atoms. The van der Waals surface area contributed by atoms with Gasteiger partial charge in [-0.2, -0.15) is 0 Å². The normalized spacial score (nSPS) is 11.9. The van der Waals surface area contributed by atoms with Crippen molar-refractivity contribution in [2.24, 2.45) is 5.14 Å². The third-order valence-electron chi connectivity index (χ3n) is 3.37. The Morgan fingerprint density at radius 1 is 1.19 bits per heavy atom. The highest BCUT2D eigenvalue weighted by atomic mass is 32.2. The number of nitrogens with two attached hydrogens (primary N) is 1. The molecule has 0 aliphatic carbocycles. The quantitative estimate of drug-likeness (QED) is 0.778. The van der Waals surface area contributed by atoms with Crippen molar-refractivity contribution < 1.29 is 8.42 Å². The molecular formula is C15H15N3O2S. The van der Waals surface area contributed by atoms with Crippen LogP contribution in [0.25, 0.3) is 22.2 Å². The number of hydrogen-bond donors (Lipinski definition) is 2. The molecule has 3 rings (SSSR count). The Morgan fingerprint density at radius 2 is 1.95 bits per heavy atom. The summed E-state index contributed by atoms with van der Waals surface area (Å²) in [6.07, 6.45) is 0.817. The first-order valence-electron chi connectivity index (χ1n) is 6.60. The predicted molar refractivity (Wildman–Crippen MR) is 82.3 cm³/mol. The van der Waals surface area contributed by atoms with Gasteiger partial charge in [-0.1, -0.05) is 31.2 Å². The number of benzene rings is 2. The van der Waals surface area contributed by atoms with E-state index in [2.05, 4.69) is 9.97 Å². The minimum atomic E-state index is -3.76. The second-order valence-corrected chi connectivity index (χ2v) is 6.34. The highest BCUT2D eigenvalue weighted by Crippen LogP contribution is 2.28. The Labute approximate surface area is 122 Å². The first-order chi connectivity index (χ1) is 9.99. The van der Waals surface area contributed by atoms with E-state index in [-0.39, 0.29) is 4.90 Å². The van der Waals surface area contributed by atoms with Gasteiger partial charge in [-0.05, 0) is 23.8 Å². The maximum Gasteiger partial charge on any atom is 0.238 e. The van der Waals surface area contributed by atoms with E-state index in [1.54, 1.807) is 18.2 Å². The van der Waals surface area contributed by atoms with E-state index in [0.717, 1.165) is 28.8 Å². The number of aromatic nitrogens is 2. The maximum atomic E-state index is 11.7. The van der Waals surface area contributed by atoms with Gasteiger partial charge in [-0.15, -0.1) is 0 Å². The number of fused-ring (bicyclic) bond motifs is 1. The van der Waals surface area contributed by atoms with Crippen LogP contribution in [0.5, 0.6) is 0 Å². The van der Waals surface area contributed by atoms with Crippen LogP contribution in [-0.4, -0.2) is 18.4 Å². The molecule has 0 aliphatic rings. The zero-order valence-electron chi connectivity index (χ0n) is 11.5. The predicted octanol–water partition coefficient (Wildman–Crippen LogP) is 2.44. The highest BCUT2D eigenvalue weighted by Gasteiger charge is 2.15. The number of H-pyrrole nitrogens is 1. The van der Waals surface area contributed by atoms with E-state index < -0.39 is 10.0 Å². The van der Waals surface area contributed by atoms with Crippen LogP contribution in [0.3, 0.4) is 0 Å². The first-order valence-corrected chi connectivity index (χ1v) is 8.14. The molecule has 6 heteroatoms. The largest absolute Gasteiger partial charge is 0.342 e. The first kappa shape index (κ1) is 13.8. The lowest BCUT2D eigenvalue weighted by Crippen LogP contribution is -2.13. The summed E-state index contributed by atoms with van der Waals surface area (Å²) in [5.74, 6) is 0.905. The lowest BCUT2D eigenvalue weighted by Gasteiger charge is -2.07. The SMILES string of the molecule is CCc1nc2ccc(-c3ccccc3S(N)(=O)=O)cc2[nH]1. The molecule has 0 saturated heterocycles. The molecular weight excluding hydrogens is 286 g/mol. The van der Waals surface area contributed by atoms with Crippen molar-refractivity contribution in [1.82, 2.24) is 9.97 Å². The van der Waals surface area contributed by atoms with Gasteiger partial charge in [0.2, 0.25) is 10.0 Å². The van der Waals surface area contributed by atoms with Crippen molar-refractivity contribution in [1.29, 1.82) is 0 Å². The van der Waals surface area contributed by atoms with Crippen molar-refractivity contribution in [2.75, 3.05) is 0 Å². The fourth-order valence-electron chi connectivity index (χ4n) is 2.35. The molecule has 0 spiro atoms. The van der Waals surface area contributed by atoms with Gasteiger partial charge in [-0.25, -0.2) is 18.5 Å². The third-order valence-corrected chi connectivity index (χ3v) is 4.34. The Balaban J connectivity index is 2.21. The van der Waals surface area contributed by atoms with Crippen molar-refractivity contribution in [3.8, 4) is 11.1 Å². The molecule has 108 valence electrons. The van der Waals surface area contributed by atoms with Crippen LogP contribution in [-0.2, 0) is 16.4 Å². The van der Waals surface area contributed by atoms with Gasteiger partial charge in [0.15, 0.2) is 0 Å². The fraction of sp³-hybridized carbons (Fsp3) is 0.133. The van der Waals surface area contributed by atoms with Crippen LogP contribution >= 0.6 is 0 Å². The topological polar surface area (TPSA) is 88.8 Å². The van der Waals surface area contributed by atoms with E-state index >= 15 is 0 Å².